The van der Waals surface area contributed by atoms with Crippen molar-refractivity contribution in [3.63, 3.8) is 0 Å². The molecule has 0 bridgehead atoms. The van der Waals surface area contributed by atoms with Crippen LogP contribution in [0.5, 0.6) is 0 Å². The van der Waals surface area contributed by atoms with Crippen molar-refractivity contribution < 1.29 is 4.79 Å². The van der Waals surface area contributed by atoms with Crippen LogP contribution in [-0.2, 0) is 0 Å². The summed E-state index contributed by atoms with van der Waals surface area (Å²) in [6, 6.07) is 6.00. The van der Waals surface area contributed by atoms with Crippen LogP contribution in [0.1, 0.15) is 49.4 Å². The van der Waals surface area contributed by atoms with E-state index in [0.29, 0.717) is 11.6 Å². The molecule has 0 aromatic heterocycles. The number of carbonyl (C=O) groups is 1. The highest BCUT2D eigenvalue weighted by atomic mass is 79.9. The lowest BCUT2D eigenvalue weighted by Gasteiger charge is -2.17. The Hall–Kier alpha value is -0.350. The van der Waals surface area contributed by atoms with Gasteiger partial charge in [0.05, 0.1) is 5.56 Å². The van der Waals surface area contributed by atoms with Gasteiger partial charge in [-0.15, -0.1) is 0 Å². The van der Waals surface area contributed by atoms with Crippen LogP contribution in [0, 0.1) is 5.92 Å². The molecule has 1 amide bonds. The van der Waals surface area contributed by atoms with Gasteiger partial charge in [-0.25, -0.2) is 0 Å². The van der Waals surface area contributed by atoms with E-state index < -0.39 is 0 Å². The largest absolute Gasteiger partial charge is 0.349 e. The van der Waals surface area contributed by atoms with Crippen LogP contribution >= 0.6 is 31.9 Å². The van der Waals surface area contributed by atoms with Gasteiger partial charge in [0, 0.05) is 15.0 Å². The molecule has 1 aliphatic carbocycles. The van der Waals surface area contributed by atoms with E-state index in [0.717, 1.165) is 27.7 Å². The zero-order valence-electron chi connectivity index (χ0n) is 11.1. The summed E-state index contributed by atoms with van der Waals surface area (Å²) < 4.78 is 1.77. The fourth-order valence-corrected chi connectivity index (χ4v) is 3.35. The third-order valence-corrected chi connectivity index (χ3v) is 4.95. The summed E-state index contributed by atoms with van der Waals surface area (Å²) in [4.78, 5) is 12.3. The van der Waals surface area contributed by atoms with Gasteiger partial charge in [-0.3, -0.25) is 4.79 Å². The maximum Gasteiger partial charge on any atom is 0.252 e. The van der Waals surface area contributed by atoms with Crippen LogP contribution in [0.2, 0.25) is 0 Å². The third kappa shape index (κ3) is 4.32. The molecular formula is C15H19Br2NO. The lowest BCUT2D eigenvalue weighted by atomic mass is 10.0. The molecule has 19 heavy (non-hydrogen) atoms. The van der Waals surface area contributed by atoms with Crippen molar-refractivity contribution in [1.29, 1.82) is 0 Å². The normalized spacial score (nSPS) is 23.7. The molecule has 0 heterocycles. The molecule has 0 aliphatic heterocycles. The Bertz CT molecular complexity index is 461. The summed E-state index contributed by atoms with van der Waals surface area (Å²) >= 11 is 6.85. The summed E-state index contributed by atoms with van der Waals surface area (Å²) in [7, 11) is 0. The first kappa shape index (κ1) is 15.0. The number of nitrogens with one attached hydrogen (secondary N) is 1. The van der Waals surface area contributed by atoms with Crippen LogP contribution < -0.4 is 5.32 Å². The lowest BCUT2D eigenvalue weighted by molar-refractivity contribution is 0.0932. The van der Waals surface area contributed by atoms with Crippen LogP contribution in [0.15, 0.2) is 27.1 Å². The Morgan fingerprint density at radius 3 is 2.79 bits per heavy atom. The van der Waals surface area contributed by atoms with Crippen LogP contribution in [0.3, 0.4) is 0 Å². The Morgan fingerprint density at radius 2 is 2.00 bits per heavy atom. The number of carbonyl (C=O) groups excluding carboxylic acids is 1. The summed E-state index contributed by atoms with van der Waals surface area (Å²) in [5.74, 6) is 0.812. The molecule has 0 spiro atoms. The van der Waals surface area contributed by atoms with Crippen molar-refractivity contribution in [2.24, 2.45) is 5.92 Å². The summed E-state index contributed by atoms with van der Waals surface area (Å²) in [6.07, 6.45) is 5.91. The van der Waals surface area contributed by atoms with E-state index in [9.17, 15) is 4.79 Å². The first-order chi connectivity index (χ1) is 9.06. The maximum absolute atomic E-state index is 12.3. The highest BCUT2D eigenvalue weighted by molar-refractivity contribution is 9.11. The van der Waals surface area contributed by atoms with Gasteiger partial charge in [-0.05, 0) is 59.3 Å². The number of amides is 1. The Labute approximate surface area is 131 Å². The molecule has 2 rings (SSSR count). The maximum atomic E-state index is 12.3. The molecule has 0 saturated heterocycles. The molecule has 1 aliphatic rings. The van der Waals surface area contributed by atoms with E-state index in [4.69, 9.17) is 0 Å². The molecular weight excluding hydrogens is 370 g/mol. The van der Waals surface area contributed by atoms with Gasteiger partial charge >= 0.3 is 0 Å². The fourth-order valence-electron chi connectivity index (χ4n) is 2.57. The van der Waals surface area contributed by atoms with E-state index >= 15 is 0 Å². The average Bonchev–Trinajstić information content (AvgIpc) is 2.57. The van der Waals surface area contributed by atoms with Crippen molar-refractivity contribution in [2.75, 3.05) is 0 Å². The topological polar surface area (TPSA) is 29.1 Å². The molecule has 1 fully saturated rings. The first-order valence-corrected chi connectivity index (χ1v) is 8.41. The Balaban J connectivity index is 2.02. The van der Waals surface area contributed by atoms with E-state index in [1.807, 2.05) is 18.2 Å². The summed E-state index contributed by atoms with van der Waals surface area (Å²) in [5.41, 5.74) is 0.701. The molecule has 2 unspecified atom stereocenters. The highest BCUT2D eigenvalue weighted by Gasteiger charge is 2.19. The van der Waals surface area contributed by atoms with Crippen LogP contribution in [0.4, 0.5) is 0 Å². The highest BCUT2D eigenvalue weighted by Crippen LogP contribution is 2.24. The quantitative estimate of drug-likeness (QED) is 0.716. The molecule has 2 nitrogen and oxygen atoms in total. The van der Waals surface area contributed by atoms with Gasteiger partial charge in [-0.1, -0.05) is 35.7 Å². The molecule has 2 atom stereocenters. The minimum atomic E-state index is 0.0210. The van der Waals surface area contributed by atoms with Crippen LogP contribution in [0.25, 0.3) is 0 Å². The second-order valence-electron chi connectivity index (χ2n) is 5.41. The number of hydrogen-bond donors (Lipinski definition) is 1. The predicted octanol–water partition coefficient (Wildman–Crippen LogP) is 4.91. The number of halogens is 2. The van der Waals surface area contributed by atoms with Gasteiger partial charge in [0.25, 0.3) is 5.91 Å². The monoisotopic (exact) mass is 387 g/mol. The zero-order chi connectivity index (χ0) is 13.8. The smallest absolute Gasteiger partial charge is 0.252 e. The third-order valence-electron chi connectivity index (χ3n) is 3.77. The SMILES string of the molecule is CC1CCCC(NC(=O)c2cc(Br)ccc2Br)CC1. The number of hydrogen-bond acceptors (Lipinski definition) is 1. The molecule has 1 N–H and O–H groups in total. The lowest BCUT2D eigenvalue weighted by Crippen LogP contribution is -2.34. The van der Waals surface area contributed by atoms with E-state index in [1.165, 1.54) is 19.3 Å². The zero-order valence-corrected chi connectivity index (χ0v) is 14.3. The second-order valence-corrected chi connectivity index (χ2v) is 7.18. The minimum absolute atomic E-state index is 0.0210. The molecule has 1 saturated carbocycles. The summed E-state index contributed by atoms with van der Waals surface area (Å²) in [5, 5.41) is 3.17. The molecule has 4 heteroatoms. The molecule has 0 radical (unpaired) electrons. The number of benzene rings is 1. The van der Waals surface area contributed by atoms with E-state index in [2.05, 4.69) is 44.1 Å². The van der Waals surface area contributed by atoms with Crippen molar-refractivity contribution >= 4 is 37.8 Å². The van der Waals surface area contributed by atoms with Gasteiger partial charge in [0.1, 0.15) is 0 Å². The van der Waals surface area contributed by atoms with Crippen molar-refractivity contribution in [3.05, 3.63) is 32.7 Å². The van der Waals surface area contributed by atoms with Crippen molar-refractivity contribution in [2.45, 2.75) is 45.1 Å². The average molecular weight is 389 g/mol. The predicted molar refractivity (Wildman–Crippen MR) is 85.3 cm³/mol. The van der Waals surface area contributed by atoms with Gasteiger partial charge in [0.15, 0.2) is 0 Å². The van der Waals surface area contributed by atoms with Gasteiger partial charge < -0.3 is 5.32 Å². The Kier molecular flexibility index (Phi) is 5.46. The van der Waals surface area contributed by atoms with Crippen molar-refractivity contribution in [3.8, 4) is 0 Å². The van der Waals surface area contributed by atoms with Crippen LogP contribution in [-0.4, -0.2) is 11.9 Å². The van der Waals surface area contributed by atoms with Crippen molar-refractivity contribution in [1.82, 2.24) is 5.32 Å². The molecule has 104 valence electrons. The van der Waals surface area contributed by atoms with Gasteiger partial charge in [-0.2, -0.15) is 0 Å². The minimum Gasteiger partial charge on any atom is -0.349 e. The fraction of sp³-hybridized carbons (Fsp3) is 0.533. The summed E-state index contributed by atoms with van der Waals surface area (Å²) in [6.45, 7) is 2.30. The second kappa shape index (κ2) is 6.89. The van der Waals surface area contributed by atoms with Gasteiger partial charge in [0.2, 0.25) is 0 Å². The molecule has 1 aromatic carbocycles. The molecule has 1 aromatic rings. The Morgan fingerprint density at radius 1 is 1.21 bits per heavy atom. The standard InChI is InChI=1S/C15H19Br2NO/c1-10-3-2-4-12(7-5-10)18-15(19)13-9-11(16)6-8-14(13)17/h6,8-10,12H,2-5,7H2,1H3,(H,18,19). The van der Waals surface area contributed by atoms with E-state index in [1.54, 1.807) is 0 Å². The van der Waals surface area contributed by atoms with E-state index in [-0.39, 0.29) is 5.91 Å². The first-order valence-electron chi connectivity index (χ1n) is 6.82. The number of rotatable bonds is 2.